The fourth-order valence-corrected chi connectivity index (χ4v) is 4.58. The zero-order chi connectivity index (χ0) is 21.6. The van der Waals surface area contributed by atoms with E-state index < -0.39 is 0 Å². The molecule has 2 fully saturated rings. The Balaban J connectivity index is 1.25. The topological polar surface area (TPSA) is 70.7 Å². The van der Waals surface area contributed by atoms with E-state index >= 15 is 0 Å². The molecule has 0 spiro atoms. The van der Waals surface area contributed by atoms with Gasteiger partial charge in [0.25, 0.3) is 0 Å². The van der Waals surface area contributed by atoms with Crippen molar-refractivity contribution in [1.29, 1.82) is 0 Å². The lowest BCUT2D eigenvalue weighted by atomic mass is 9.89. The van der Waals surface area contributed by atoms with Crippen LogP contribution in [-0.2, 0) is 6.42 Å². The van der Waals surface area contributed by atoms with Crippen LogP contribution >= 0.6 is 0 Å². The van der Waals surface area contributed by atoms with E-state index in [9.17, 15) is 4.79 Å². The van der Waals surface area contributed by atoms with Crippen LogP contribution in [0.1, 0.15) is 41.9 Å². The molecule has 162 valence electrons. The average molecular weight is 417 g/mol. The summed E-state index contributed by atoms with van der Waals surface area (Å²) in [5.41, 5.74) is 10.4. The second-order valence-electron chi connectivity index (χ2n) is 8.65. The van der Waals surface area contributed by atoms with Crippen molar-refractivity contribution >= 4 is 17.8 Å². The molecule has 1 saturated carbocycles. The molecule has 5 nitrogen and oxygen atoms in total. The Morgan fingerprint density at radius 3 is 2.65 bits per heavy atom. The molecule has 2 aromatic carbocycles. The first-order chi connectivity index (χ1) is 15.2. The van der Waals surface area contributed by atoms with Gasteiger partial charge >= 0.3 is 6.03 Å². The van der Waals surface area contributed by atoms with Crippen molar-refractivity contribution < 1.29 is 4.79 Å². The van der Waals surface area contributed by atoms with Crippen LogP contribution in [0, 0.1) is 5.92 Å². The van der Waals surface area contributed by atoms with Crippen molar-refractivity contribution in [3.63, 3.8) is 0 Å². The van der Waals surface area contributed by atoms with Crippen molar-refractivity contribution in [2.24, 2.45) is 16.6 Å². The van der Waals surface area contributed by atoms with E-state index in [1.54, 1.807) is 19.5 Å². The molecule has 2 atom stereocenters. The largest absolute Gasteiger partial charge is 0.404 e. The Bertz CT molecular complexity index is 945. The smallest absolute Gasteiger partial charge is 0.317 e. The first-order valence-corrected chi connectivity index (χ1v) is 11.2. The predicted molar refractivity (Wildman–Crippen MR) is 127 cm³/mol. The molecule has 5 heteroatoms. The van der Waals surface area contributed by atoms with Crippen molar-refractivity contribution in [3.8, 4) is 0 Å². The molecule has 2 aromatic rings. The van der Waals surface area contributed by atoms with Crippen LogP contribution in [0.2, 0.25) is 0 Å². The van der Waals surface area contributed by atoms with Gasteiger partial charge in [-0.05, 0) is 48.3 Å². The summed E-state index contributed by atoms with van der Waals surface area (Å²) in [5.74, 6) is 1.07. The minimum Gasteiger partial charge on any atom is -0.404 e. The summed E-state index contributed by atoms with van der Waals surface area (Å²) < 4.78 is 0. The van der Waals surface area contributed by atoms with Crippen LogP contribution in [0.15, 0.2) is 65.8 Å². The molecule has 2 amide bonds. The summed E-state index contributed by atoms with van der Waals surface area (Å²) >= 11 is 0. The summed E-state index contributed by atoms with van der Waals surface area (Å²) in [7, 11) is 1.75. The third-order valence-corrected chi connectivity index (χ3v) is 6.46. The lowest BCUT2D eigenvalue weighted by Crippen LogP contribution is -2.45. The highest BCUT2D eigenvalue weighted by atomic mass is 16.2. The van der Waals surface area contributed by atoms with E-state index in [0.29, 0.717) is 11.8 Å². The van der Waals surface area contributed by atoms with Crippen LogP contribution in [0.3, 0.4) is 0 Å². The van der Waals surface area contributed by atoms with Crippen molar-refractivity contribution in [2.75, 3.05) is 20.1 Å². The van der Waals surface area contributed by atoms with Gasteiger partial charge < -0.3 is 16.0 Å². The summed E-state index contributed by atoms with van der Waals surface area (Å²) in [5, 5.41) is 3.23. The maximum Gasteiger partial charge on any atom is 0.317 e. The van der Waals surface area contributed by atoms with Crippen LogP contribution in [-0.4, -0.2) is 43.3 Å². The van der Waals surface area contributed by atoms with Crippen LogP contribution in [0.25, 0.3) is 5.57 Å². The Morgan fingerprint density at radius 2 is 1.94 bits per heavy atom. The first kappa shape index (κ1) is 21.2. The number of aliphatic imine (C=N–C) groups is 1. The number of hydrogen-bond acceptors (Lipinski definition) is 3. The number of likely N-dealkylation sites (tertiary alicyclic amines) is 1. The highest BCUT2D eigenvalue weighted by Gasteiger charge is 2.40. The molecule has 0 bridgehead atoms. The lowest BCUT2D eigenvalue weighted by Gasteiger charge is -2.32. The van der Waals surface area contributed by atoms with E-state index in [-0.39, 0.29) is 12.1 Å². The molecule has 0 aromatic heterocycles. The predicted octanol–water partition coefficient (Wildman–Crippen LogP) is 4.21. The number of hydrogen-bond donors (Lipinski definition) is 2. The second kappa shape index (κ2) is 9.82. The van der Waals surface area contributed by atoms with E-state index in [2.05, 4.69) is 58.8 Å². The zero-order valence-corrected chi connectivity index (χ0v) is 18.2. The molecule has 3 N–H and O–H groups in total. The van der Waals surface area contributed by atoms with Gasteiger partial charge in [-0.25, -0.2) is 4.79 Å². The molecule has 1 aliphatic carbocycles. The molecule has 1 saturated heterocycles. The molecule has 2 aliphatic rings. The molecular formula is C26H32N4O. The molecule has 1 heterocycles. The van der Waals surface area contributed by atoms with Gasteiger partial charge in [-0.2, -0.15) is 0 Å². The quantitative estimate of drug-likeness (QED) is 0.693. The Morgan fingerprint density at radius 1 is 1.16 bits per heavy atom. The van der Waals surface area contributed by atoms with Gasteiger partial charge in [0.15, 0.2) is 0 Å². The number of urea groups is 1. The second-order valence-corrected chi connectivity index (χ2v) is 8.65. The van der Waals surface area contributed by atoms with Crippen LogP contribution in [0.4, 0.5) is 4.79 Å². The average Bonchev–Trinajstić information content (AvgIpc) is 3.58. The molecule has 4 rings (SSSR count). The number of benzene rings is 2. The summed E-state index contributed by atoms with van der Waals surface area (Å²) in [6.07, 6.45) is 7.55. The third-order valence-electron chi connectivity index (χ3n) is 6.46. The highest BCUT2D eigenvalue weighted by Crippen LogP contribution is 2.40. The molecule has 31 heavy (non-hydrogen) atoms. The van der Waals surface area contributed by atoms with E-state index in [4.69, 9.17) is 5.73 Å². The van der Waals surface area contributed by atoms with E-state index in [1.165, 1.54) is 11.1 Å². The Kier molecular flexibility index (Phi) is 6.70. The van der Waals surface area contributed by atoms with Crippen LogP contribution < -0.4 is 11.1 Å². The normalized spacial score (nSPS) is 22.0. The molecule has 0 radical (unpaired) electrons. The standard InChI is InChI=1S/C26H32N4O/c1-28-18-23(17-27)22-9-5-6-20(15-22)14-19-10-12-30(13-11-19)26(31)29-25-16-24(25)21-7-3-2-4-8-21/h2-9,15,17-19,24-25H,10-14,16,27H2,1H3,(H,29,31)/b23-17+,28-18?. The van der Waals surface area contributed by atoms with Crippen molar-refractivity contribution in [2.45, 2.75) is 37.6 Å². The van der Waals surface area contributed by atoms with Gasteiger partial charge in [0.05, 0.1) is 0 Å². The van der Waals surface area contributed by atoms with Gasteiger partial charge in [-0.1, -0.05) is 54.6 Å². The number of rotatable bonds is 6. The lowest BCUT2D eigenvalue weighted by molar-refractivity contribution is 0.170. The monoisotopic (exact) mass is 416 g/mol. The number of carbonyl (C=O) groups excluding carboxylic acids is 1. The Labute approximate surface area is 185 Å². The Hall–Kier alpha value is -3.08. The van der Waals surface area contributed by atoms with Gasteiger partial charge in [0, 0.05) is 50.1 Å². The van der Waals surface area contributed by atoms with Gasteiger partial charge in [0.1, 0.15) is 0 Å². The maximum atomic E-state index is 12.7. The maximum absolute atomic E-state index is 12.7. The van der Waals surface area contributed by atoms with Gasteiger partial charge in [-0.15, -0.1) is 0 Å². The minimum atomic E-state index is 0.0976. The van der Waals surface area contributed by atoms with Crippen molar-refractivity contribution in [3.05, 3.63) is 77.5 Å². The number of allylic oxidation sites excluding steroid dienone is 1. The summed E-state index contributed by atoms with van der Waals surface area (Å²) in [4.78, 5) is 18.8. The van der Waals surface area contributed by atoms with Crippen LogP contribution in [0.5, 0.6) is 0 Å². The third kappa shape index (κ3) is 5.35. The van der Waals surface area contributed by atoms with Gasteiger partial charge in [-0.3, -0.25) is 4.99 Å². The number of carbonyl (C=O) groups is 1. The van der Waals surface area contributed by atoms with E-state index in [0.717, 1.165) is 49.9 Å². The zero-order valence-electron chi connectivity index (χ0n) is 18.2. The number of amides is 2. The first-order valence-electron chi connectivity index (χ1n) is 11.2. The van der Waals surface area contributed by atoms with Gasteiger partial charge in [0.2, 0.25) is 0 Å². The minimum absolute atomic E-state index is 0.0976. The number of piperidine rings is 1. The number of nitrogens with one attached hydrogen (secondary N) is 1. The summed E-state index contributed by atoms with van der Waals surface area (Å²) in [6.45, 7) is 1.66. The molecular weight excluding hydrogens is 384 g/mol. The summed E-state index contributed by atoms with van der Waals surface area (Å²) in [6, 6.07) is 19.4. The van der Waals surface area contributed by atoms with Crippen molar-refractivity contribution in [1.82, 2.24) is 10.2 Å². The fourth-order valence-electron chi connectivity index (χ4n) is 4.58. The molecule has 2 unspecified atom stereocenters. The number of nitrogens with zero attached hydrogens (tertiary/aromatic N) is 2. The molecule has 1 aliphatic heterocycles. The SMILES string of the molecule is CN=C/C(=C\N)c1cccc(CC2CCN(C(=O)NC3CC3c3ccccc3)CC2)c1. The number of nitrogens with two attached hydrogens (primary N) is 1. The fraction of sp³-hybridized carbons (Fsp3) is 0.385. The highest BCUT2D eigenvalue weighted by molar-refractivity contribution is 6.09. The van der Waals surface area contributed by atoms with E-state index in [1.807, 2.05) is 11.0 Å².